The number of para-hydroxylation sites is 1. The zero-order chi connectivity index (χ0) is 16.9. The largest absolute Gasteiger partial charge is 0.444 e. The van der Waals surface area contributed by atoms with Crippen LogP contribution in [-0.4, -0.2) is 47.8 Å². The first-order valence-electron chi connectivity index (χ1n) is 8.42. The van der Waals surface area contributed by atoms with Crippen LogP contribution < -0.4 is 4.90 Å². The zero-order valence-corrected chi connectivity index (χ0v) is 14.5. The number of nitrogens with zero attached hydrogens (tertiary/aromatic N) is 3. The molecule has 24 heavy (non-hydrogen) atoms. The summed E-state index contributed by atoms with van der Waals surface area (Å²) >= 11 is 0. The average Bonchev–Trinajstić information content (AvgIpc) is 2.42. The van der Waals surface area contributed by atoms with Gasteiger partial charge in [-0.2, -0.15) is 0 Å². The van der Waals surface area contributed by atoms with Crippen LogP contribution in [0.2, 0.25) is 0 Å². The fourth-order valence-electron chi connectivity index (χ4n) is 3.58. The first-order valence-corrected chi connectivity index (χ1v) is 8.42. The van der Waals surface area contributed by atoms with Crippen LogP contribution in [-0.2, 0) is 4.74 Å². The SMILES string of the molecule is CC(C)(C)OC(=O)N1CC2(C1)CN(c1ccc3ccccc3n1)C2. The van der Waals surface area contributed by atoms with E-state index in [0.717, 1.165) is 42.9 Å². The fraction of sp³-hybridized carbons (Fsp3) is 0.474. The van der Waals surface area contributed by atoms with Crippen LogP contribution in [0.25, 0.3) is 10.9 Å². The number of fused-ring (bicyclic) bond motifs is 1. The summed E-state index contributed by atoms with van der Waals surface area (Å²) in [6, 6.07) is 12.4. The Morgan fingerprint density at radius 1 is 1.08 bits per heavy atom. The zero-order valence-electron chi connectivity index (χ0n) is 14.5. The standard InChI is InChI=1S/C19H23N3O2/c1-18(2,3)24-17(23)22-12-19(13-22)10-21(11-19)16-9-8-14-6-4-5-7-15(14)20-16/h4-9H,10-13H2,1-3H3. The van der Waals surface area contributed by atoms with E-state index < -0.39 is 5.60 Å². The second kappa shape index (κ2) is 5.10. The lowest BCUT2D eigenvalue weighted by molar-refractivity contribution is -0.0454. The maximum Gasteiger partial charge on any atom is 0.410 e. The molecule has 0 atom stereocenters. The number of amides is 1. The topological polar surface area (TPSA) is 45.7 Å². The number of anilines is 1. The number of carbonyl (C=O) groups excluding carboxylic acids is 1. The Morgan fingerprint density at radius 2 is 1.79 bits per heavy atom. The third-order valence-corrected chi connectivity index (χ3v) is 4.66. The molecule has 2 aromatic rings. The molecule has 0 radical (unpaired) electrons. The minimum absolute atomic E-state index is 0.199. The summed E-state index contributed by atoms with van der Waals surface area (Å²) in [4.78, 5) is 20.9. The third-order valence-electron chi connectivity index (χ3n) is 4.66. The van der Waals surface area contributed by atoms with Crippen molar-refractivity contribution in [3.63, 3.8) is 0 Å². The summed E-state index contributed by atoms with van der Waals surface area (Å²) in [5.74, 6) is 1.02. The molecule has 2 fully saturated rings. The van der Waals surface area contributed by atoms with Gasteiger partial charge in [0.2, 0.25) is 0 Å². The molecule has 4 rings (SSSR count). The minimum Gasteiger partial charge on any atom is -0.444 e. The van der Waals surface area contributed by atoms with Gasteiger partial charge in [-0.05, 0) is 39.0 Å². The molecule has 2 aliphatic heterocycles. The van der Waals surface area contributed by atoms with E-state index in [9.17, 15) is 4.79 Å². The lowest BCUT2D eigenvalue weighted by atomic mass is 9.73. The maximum atomic E-state index is 12.0. The molecule has 1 amide bonds. The Labute approximate surface area is 142 Å². The van der Waals surface area contributed by atoms with Gasteiger partial charge in [0.05, 0.1) is 5.52 Å². The molecular weight excluding hydrogens is 302 g/mol. The van der Waals surface area contributed by atoms with Crippen molar-refractivity contribution in [2.45, 2.75) is 26.4 Å². The van der Waals surface area contributed by atoms with E-state index in [0.29, 0.717) is 0 Å². The van der Waals surface area contributed by atoms with Crippen molar-refractivity contribution in [1.82, 2.24) is 9.88 Å². The molecule has 126 valence electrons. The van der Waals surface area contributed by atoms with E-state index >= 15 is 0 Å². The summed E-state index contributed by atoms with van der Waals surface area (Å²) in [6.07, 6.45) is -0.199. The lowest BCUT2D eigenvalue weighted by Gasteiger charge is -2.60. The van der Waals surface area contributed by atoms with Crippen LogP contribution >= 0.6 is 0 Å². The molecule has 0 unspecified atom stereocenters. The molecule has 2 aliphatic rings. The highest BCUT2D eigenvalue weighted by molar-refractivity contribution is 5.80. The Morgan fingerprint density at radius 3 is 2.50 bits per heavy atom. The number of rotatable bonds is 1. The van der Waals surface area contributed by atoms with E-state index in [-0.39, 0.29) is 11.5 Å². The number of carbonyl (C=O) groups is 1. The van der Waals surface area contributed by atoms with Crippen molar-refractivity contribution in [2.24, 2.45) is 5.41 Å². The van der Waals surface area contributed by atoms with Crippen LogP contribution in [0.4, 0.5) is 10.6 Å². The third kappa shape index (κ3) is 2.68. The van der Waals surface area contributed by atoms with Crippen LogP contribution in [0, 0.1) is 5.41 Å². The molecule has 0 bridgehead atoms. The van der Waals surface area contributed by atoms with E-state index in [4.69, 9.17) is 9.72 Å². The molecule has 1 aromatic carbocycles. The molecule has 0 saturated carbocycles. The van der Waals surface area contributed by atoms with E-state index in [2.05, 4.69) is 23.1 Å². The molecule has 3 heterocycles. The van der Waals surface area contributed by atoms with Gasteiger partial charge in [-0.3, -0.25) is 0 Å². The van der Waals surface area contributed by atoms with Gasteiger partial charge in [-0.15, -0.1) is 0 Å². The first-order chi connectivity index (χ1) is 11.3. The van der Waals surface area contributed by atoms with Crippen molar-refractivity contribution < 1.29 is 9.53 Å². The number of likely N-dealkylation sites (tertiary alicyclic amines) is 1. The van der Waals surface area contributed by atoms with Gasteiger partial charge in [0.25, 0.3) is 0 Å². The summed E-state index contributed by atoms with van der Waals surface area (Å²) in [6.45, 7) is 9.18. The maximum absolute atomic E-state index is 12.0. The van der Waals surface area contributed by atoms with Crippen molar-refractivity contribution >= 4 is 22.8 Å². The molecule has 0 N–H and O–H groups in total. The predicted molar refractivity (Wildman–Crippen MR) is 94.2 cm³/mol. The van der Waals surface area contributed by atoms with Crippen molar-refractivity contribution in [2.75, 3.05) is 31.1 Å². The molecule has 0 aliphatic carbocycles. The Bertz CT molecular complexity index is 783. The van der Waals surface area contributed by atoms with E-state index in [1.54, 1.807) is 4.90 Å². The van der Waals surface area contributed by atoms with E-state index in [1.165, 1.54) is 0 Å². The monoisotopic (exact) mass is 325 g/mol. The first kappa shape index (κ1) is 15.2. The van der Waals surface area contributed by atoms with Crippen molar-refractivity contribution in [1.29, 1.82) is 0 Å². The number of benzene rings is 1. The number of pyridine rings is 1. The molecule has 2 saturated heterocycles. The van der Waals surface area contributed by atoms with Gasteiger partial charge in [0, 0.05) is 37.0 Å². The second-order valence-corrected chi connectivity index (χ2v) is 8.05. The molecule has 1 aromatic heterocycles. The summed E-state index contributed by atoms with van der Waals surface area (Å²) < 4.78 is 5.42. The van der Waals surface area contributed by atoms with Gasteiger partial charge >= 0.3 is 6.09 Å². The number of hydrogen-bond donors (Lipinski definition) is 0. The highest BCUT2D eigenvalue weighted by atomic mass is 16.6. The van der Waals surface area contributed by atoms with Crippen LogP contribution in [0.3, 0.4) is 0 Å². The predicted octanol–water partition coefficient (Wildman–Crippen LogP) is 3.29. The lowest BCUT2D eigenvalue weighted by Crippen LogP contribution is -2.73. The van der Waals surface area contributed by atoms with Gasteiger partial charge < -0.3 is 14.5 Å². The average molecular weight is 325 g/mol. The molecular formula is C19H23N3O2. The summed E-state index contributed by atoms with van der Waals surface area (Å²) in [5.41, 5.74) is 0.824. The fourth-order valence-corrected chi connectivity index (χ4v) is 3.58. The van der Waals surface area contributed by atoms with E-state index in [1.807, 2.05) is 39.0 Å². The molecule has 5 heteroatoms. The Balaban J connectivity index is 1.36. The van der Waals surface area contributed by atoms with Gasteiger partial charge in [-0.25, -0.2) is 9.78 Å². The Hall–Kier alpha value is -2.30. The normalized spacial score (nSPS) is 19.1. The van der Waals surface area contributed by atoms with Crippen LogP contribution in [0.1, 0.15) is 20.8 Å². The minimum atomic E-state index is -0.430. The van der Waals surface area contributed by atoms with Crippen molar-refractivity contribution in [3.05, 3.63) is 36.4 Å². The molecule has 1 spiro atoms. The highest BCUT2D eigenvalue weighted by Crippen LogP contribution is 2.42. The van der Waals surface area contributed by atoms with Crippen LogP contribution in [0.5, 0.6) is 0 Å². The van der Waals surface area contributed by atoms with Crippen molar-refractivity contribution in [3.8, 4) is 0 Å². The Kier molecular flexibility index (Phi) is 3.24. The smallest absolute Gasteiger partial charge is 0.410 e. The van der Waals surface area contributed by atoms with Crippen LogP contribution in [0.15, 0.2) is 36.4 Å². The molecule has 5 nitrogen and oxygen atoms in total. The van der Waals surface area contributed by atoms with Gasteiger partial charge in [0.15, 0.2) is 0 Å². The number of aromatic nitrogens is 1. The number of ether oxygens (including phenoxy) is 1. The van der Waals surface area contributed by atoms with Gasteiger partial charge in [-0.1, -0.05) is 18.2 Å². The highest BCUT2D eigenvalue weighted by Gasteiger charge is 2.54. The second-order valence-electron chi connectivity index (χ2n) is 8.05. The summed E-state index contributed by atoms with van der Waals surface area (Å²) in [5, 5.41) is 1.16. The van der Waals surface area contributed by atoms with Gasteiger partial charge in [0.1, 0.15) is 11.4 Å². The summed E-state index contributed by atoms with van der Waals surface area (Å²) in [7, 11) is 0. The quantitative estimate of drug-likeness (QED) is 0.807. The number of hydrogen-bond acceptors (Lipinski definition) is 4.